The van der Waals surface area contributed by atoms with Crippen molar-refractivity contribution in [1.29, 1.82) is 0 Å². The summed E-state index contributed by atoms with van der Waals surface area (Å²) >= 11 is 0. The van der Waals surface area contributed by atoms with Crippen LogP contribution < -0.4 is 15.4 Å². The van der Waals surface area contributed by atoms with Crippen molar-refractivity contribution in [3.05, 3.63) is 95.6 Å². The lowest BCUT2D eigenvalue weighted by atomic mass is 10.1. The van der Waals surface area contributed by atoms with Crippen LogP contribution >= 0.6 is 0 Å². The highest BCUT2D eigenvalue weighted by Crippen LogP contribution is 2.27. The Morgan fingerprint density at radius 3 is 2.45 bits per heavy atom. The Balaban J connectivity index is 1.37. The molecule has 0 spiro atoms. The quantitative estimate of drug-likeness (QED) is 0.395. The molecule has 1 heterocycles. The van der Waals surface area contributed by atoms with Crippen LogP contribution in [0.5, 0.6) is 5.75 Å². The molecule has 1 aliphatic heterocycles. The van der Waals surface area contributed by atoms with Crippen molar-refractivity contribution in [3.63, 3.8) is 0 Å². The van der Waals surface area contributed by atoms with Crippen molar-refractivity contribution in [2.75, 3.05) is 31.4 Å². The van der Waals surface area contributed by atoms with E-state index in [9.17, 15) is 14.4 Å². The van der Waals surface area contributed by atoms with Crippen LogP contribution in [0.3, 0.4) is 0 Å². The zero-order valence-electron chi connectivity index (χ0n) is 21.5. The minimum absolute atomic E-state index is 0.00676. The molecule has 1 unspecified atom stereocenters. The van der Waals surface area contributed by atoms with Gasteiger partial charge in [-0.3, -0.25) is 4.79 Å². The first kappa shape index (κ1) is 26.5. The summed E-state index contributed by atoms with van der Waals surface area (Å²) in [5.74, 6) is 0.138. The van der Waals surface area contributed by atoms with E-state index in [4.69, 9.17) is 9.47 Å². The van der Waals surface area contributed by atoms with Gasteiger partial charge < -0.3 is 25.0 Å². The number of hydrogen-bond donors (Lipinski definition) is 2. The minimum Gasteiger partial charge on any atom is -0.495 e. The van der Waals surface area contributed by atoms with Crippen LogP contribution in [0.1, 0.15) is 34.3 Å². The van der Waals surface area contributed by atoms with Gasteiger partial charge in [0.15, 0.2) is 0 Å². The fourth-order valence-corrected chi connectivity index (χ4v) is 4.40. The highest BCUT2D eigenvalue weighted by Gasteiger charge is 2.27. The third-order valence-corrected chi connectivity index (χ3v) is 6.36. The molecule has 196 valence electrons. The number of urea groups is 1. The highest BCUT2D eigenvalue weighted by molar-refractivity contribution is 6.00. The molecule has 2 N–H and O–H groups in total. The van der Waals surface area contributed by atoms with E-state index in [1.54, 1.807) is 36.4 Å². The molecule has 3 aromatic rings. The van der Waals surface area contributed by atoms with Crippen molar-refractivity contribution in [1.82, 2.24) is 4.90 Å². The third-order valence-electron chi connectivity index (χ3n) is 6.36. The molecule has 0 bridgehead atoms. The van der Waals surface area contributed by atoms with E-state index in [0.29, 0.717) is 29.2 Å². The predicted molar refractivity (Wildman–Crippen MR) is 147 cm³/mol. The lowest BCUT2D eigenvalue weighted by Gasteiger charge is -2.22. The molecular formula is C30H31N3O5. The molecule has 0 aromatic heterocycles. The summed E-state index contributed by atoms with van der Waals surface area (Å²) in [6.07, 6.45) is 6.07. The fourth-order valence-electron chi connectivity index (χ4n) is 4.40. The summed E-state index contributed by atoms with van der Waals surface area (Å²) in [6, 6.07) is 21.3. The van der Waals surface area contributed by atoms with E-state index in [-0.39, 0.29) is 30.4 Å². The van der Waals surface area contributed by atoms with Gasteiger partial charge in [-0.15, -0.1) is 0 Å². The lowest BCUT2D eigenvalue weighted by Crippen LogP contribution is -2.35. The monoisotopic (exact) mass is 513 g/mol. The maximum atomic E-state index is 13.2. The van der Waals surface area contributed by atoms with Gasteiger partial charge in [-0.2, -0.15) is 0 Å². The molecular weight excluding hydrogens is 482 g/mol. The van der Waals surface area contributed by atoms with Crippen LogP contribution in [0.15, 0.2) is 78.9 Å². The second kappa shape index (κ2) is 12.6. The number of hydrogen-bond acceptors (Lipinski definition) is 5. The number of anilines is 2. The topological polar surface area (TPSA) is 97.0 Å². The first-order valence-electron chi connectivity index (χ1n) is 12.4. The van der Waals surface area contributed by atoms with Gasteiger partial charge in [-0.25, -0.2) is 9.59 Å². The number of carbonyl (C=O) groups is 3. The average molecular weight is 514 g/mol. The van der Waals surface area contributed by atoms with Crippen molar-refractivity contribution in [3.8, 4) is 5.75 Å². The Morgan fingerprint density at radius 1 is 0.974 bits per heavy atom. The van der Waals surface area contributed by atoms with Gasteiger partial charge in [-0.05, 0) is 60.4 Å². The normalized spacial score (nSPS) is 14.8. The van der Waals surface area contributed by atoms with Gasteiger partial charge in [-0.1, -0.05) is 48.6 Å². The Bertz CT molecular complexity index is 1310. The molecule has 1 saturated heterocycles. The van der Waals surface area contributed by atoms with Crippen LogP contribution in [0.25, 0.3) is 6.08 Å². The molecule has 3 aromatic carbocycles. The molecule has 0 aliphatic carbocycles. The maximum absolute atomic E-state index is 13.2. The van der Waals surface area contributed by atoms with Crippen LogP contribution in [0.4, 0.5) is 16.2 Å². The summed E-state index contributed by atoms with van der Waals surface area (Å²) in [4.78, 5) is 39.1. The molecule has 38 heavy (non-hydrogen) atoms. The SMILES string of the molecule is COC(=O)c1ccc(/C=C/C2CCCN2C(=O)Cc2ccc(NC(=O)Nc3ccccc3)c(OC)c2)cc1. The van der Waals surface area contributed by atoms with Crippen LogP contribution in [0.2, 0.25) is 0 Å². The number of methoxy groups -OCH3 is 2. The number of carbonyl (C=O) groups excluding carboxylic acids is 3. The van der Waals surface area contributed by atoms with Crippen molar-refractivity contribution < 1.29 is 23.9 Å². The Morgan fingerprint density at radius 2 is 1.74 bits per heavy atom. The first-order valence-corrected chi connectivity index (χ1v) is 12.4. The molecule has 1 atom stereocenters. The molecule has 1 aliphatic rings. The van der Waals surface area contributed by atoms with E-state index in [0.717, 1.165) is 24.0 Å². The van der Waals surface area contributed by atoms with Gasteiger partial charge in [0.25, 0.3) is 0 Å². The average Bonchev–Trinajstić information content (AvgIpc) is 3.42. The number of ether oxygens (including phenoxy) is 2. The van der Waals surface area contributed by atoms with Gasteiger partial charge in [0, 0.05) is 12.2 Å². The minimum atomic E-state index is -0.384. The highest BCUT2D eigenvalue weighted by atomic mass is 16.5. The zero-order chi connectivity index (χ0) is 26.9. The molecule has 3 amide bonds. The summed E-state index contributed by atoms with van der Waals surface area (Å²) in [5.41, 5.74) is 3.43. The van der Waals surface area contributed by atoms with Crippen LogP contribution in [-0.4, -0.2) is 49.6 Å². The van der Waals surface area contributed by atoms with E-state index in [1.807, 2.05) is 53.5 Å². The summed E-state index contributed by atoms with van der Waals surface area (Å²) in [5, 5.41) is 5.56. The van der Waals surface area contributed by atoms with Gasteiger partial charge in [0.05, 0.1) is 37.9 Å². The van der Waals surface area contributed by atoms with Crippen LogP contribution in [-0.2, 0) is 16.0 Å². The molecule has 0 saturated carbocycles. The smallest absolute Gasteiger partial charge is 0.337 e. The van der Waals surface area contributed by atoms with E-state index >= 15 is 0 Å². The second-order valence-corrected chi connectivity index (χ2v) is 8.93. The number of benzene rings is 3. The predicted octanol–water partition coefficient (Wildman–Crippen LogP) is 5.37. The van der Waals surface area contributed by atoms with Gasteiger partial charge in [0.2, 0.25) is 5.91 Å². The number of nitrogens with zero attached hydrogens (tertiary/aromatic N) is 1. The standard InChI is InChI=1S/C30H31N3O5/c1-37-27-19-22(13-17-26(27)32-30(36)31-24-7-4-3-5-8-24)20-28(34)33-18-6-9-25(33)16-12-21-10-14-23(15-11-21)29(35)38-2/h3-5,7-8,10-17,19,25H,6,9,18,20H2,1-2H3,(H2,31,32,36)/b16-12+. The molecule has 8 heteroatoms. The summed E-state index contributed by atoms with van der Waals surface area (Å²) in [7, 11) is 2.88. The third kappa shape index (κ3) is 6.79. The lowest BCUT2D eigenvalue weighted by molar-refractivity contribution is -0.130. The van der Waals surface area contributed by atoms with Crippen molar-refractivity contribution in [2.24, 2.45) is 0 Å². The number of rotatable bonds is 8. The molecule has 8 nitrogen and oxygen atoms in total. The number of para-hydroxylation sites is 1. The number of likely N-dealkylation sites (tertiary alicyclic amines) is 1. The second-order valence-electron chi connectivity index (χ2n) is 8.93. The largest absolute Gasteiger partial charge is 0.495 e. The van der Waals surface area contributed by atoms with E-state index in [1.165, 1.54) is 14.2 Å². The number of amides is 3. The summed E-state index contributed by atoms with van der Waals surface area (Å²) < 4.78 is 10.2. The van der Waals surface area contributed by atoms with Crippen molar-refractivity contribution >= 4 is 35.4 Å². The fraction of sp³-hybridized carbons (Fsp3) is 0.233. The molecule has 4 rings (SSSR count). The van der Waals surface area contributed by atoms with E-state index < -0.39 is 0 Å². The van der Waals surface area contributed by atoms with E-state index in [2.05, 4.69) is 10.6 Å². The molecule has 1 fully saturated rings. The number of nitrogens with one attached hydrogen (secondary N) is 2. The van der Waals surface area contributed by atoms with Crippen LogP contribution in [0, 0.1) is 0 Å². The number of esters is 1. The zero-order valence-corrected chi connectivity index (χ0v) is 21.5. The Labute approximate surface area is 222 Å². The Kier molecular flexibility index (Phi) is 8.77. The Hall–Kier alpha value is -4.59. The van der Waals surface area contributed by atoms with Gasteiger partial charge >= 0.3 is 12.0 Å². The first-order chi connectivity index (χ1) is 18.5. The molecule has 0 radical (unpaired) electrons. The van der Waals surface area contributed by atoms with Gasteiger partial charge in [0.1, 0.15) is 5.75 Å². The summed E-state index contributed by atoms with van der Waals surface area (Å²) in [6.45, 7) is 0.700. The van der Waals surface area contributed by atoms with Crippen molar-refractivity contribution in [2.45, 2.75) is 25.3 Å². The maximum Gasteiger partial charge on any atom is 0.337 e.